The molecule has 2 aromatic heterocycles. The Hall–Kier alpha value is -3.40. The minimum absolute atomic E-state index is 0.109. The van der Waals surface area contributed by atoms with E-state index in [2.05, 4.69) is 15.5 Å². The van der Waals surface area contributed by atoms with E-state index in [9.17, 15) is 9.59 Å². The molecule has 4 heterocycles. The summed E-state index contributed by atoms with van der Waals surface area (Å²) in [5.41, 5.74) is 0.193. The quantitative estimate of drug-likeness (QED) is 0.673. The maximum atomic E-state index is 13.1. The van der Waals surface area contributed by atoms with E-state index >= 15 is 0 Å². The number of nitrogens with zero attached hydrogens (tertiary/aromatic N) is 3. The van der Waals surface area contributed by atoms with Crippen molar-refractivity contribution in [3.05, 3.63) is 46.5 Å². The Kier molecular flexibility index (Phi) is 3.63. The normalized spacial score (nSPS) is 20.7. The van der Waals surface area contributed by atoms with Gasteiger partial charge in [-0.3, -0.25) is 9.69 Å². The summed E-state index contributed by atoms with van der Waals surface area (Å²) in [5.74, 6) is 1.33. The summed E-state index contributed by atoms with van der Waals surface area (Å²) in [6.07, 6.45) is 0. The van der Waals surface area contributed by atoms with Crippen molar-refractivity contribution in [2.45, 2.75) is 19.0 Å². The van der Waals surface area contributed by atoms with Gasteiger partial charge in [-0.05, 0) is 36.1 Å². The van der Waals surface area contributed by atoms with Gasteiger partial charge < -0.3 is 19.3 Å². The van der Waals surface area contributed by atoms with E-state index in [1.807, 2.05) is 16.8 Å². The third-order valence-electron chi connectivity index (χ3n) is 4.77. The average Bonchev–Trinajstić information content (AvgIpc) is 3.47. The molecule has 9 nitrogen and oxygen atoms in total. The lowest BCUT2D eigenvalue weighted by Gasteiger charge is -2.22. The zero-order valence-electron chi connectivity index (χ0n) is 14.7. The number of aromatic nitrogens is 2. The van der Waals surface area contributed by atoms with Crippen molar-refractivity contribution in [1.82, 2.24) is 20.4 Å². The lowest BCUT2D eigenvalue weighted by Crippen LogP contribution is -2.40. The van der Waals surface area contributed by atoms with Crippen molar-refractivity contribution in [3.8, 4) is 22.9 Å². The minimum Gasteiger partial charge on any atom is -0.454 e. The molecule has 0 aliphatic carbocycles. The molecule has 28 heavy (non-hydrogen) atoms. The standard InChI is InChI=1S/C18H14N4O5S/c1-18(11-2-3-12-13(6-11)26-9-25-12)16(23)22(17(24)20-18)7-14-19-15(21-27-14)10-4-5-28-8-10/h2-6,8H,7,9H2,1H3,(H,20,24). The molecule has 10 heteroatoms. The number of thiophene rings is 1. The fourth-order valence-corrected chi connectivity index (χ4v) is 3.84. The van der Waals surface area contributed by atoms with Crippen LogP contribution in [-0.2, 0) is 16.9 Å². The van der Waals surface area contributed by atoms with Crippen LogP contribution in [0, 0.1) is 0 Å². The van der Waals surface area contributed by atoms with E-state index in [0.29, 0.717) is 22.9 Å². The average molecular weight is 398 g/mol. The first-order valence-corrected chi connectivity index (χ1v) is 9.38. The zero-order chi connectivity index (χ0) is 19.3. The predicted molar refractivity (Wildman–Crippen MR) is 96.6 cm³/mol. The Labute approximate surface area is 162 Å². The maximum Gasteiger partial charge on any atom is 0.325 e. The summed E-state index contributed by atoms with van der Waals surface area (Å²) < 4.78 is 15.9. The third kappa shape index (κ3) is 2.53. The number of fused-ring (bicyclic) bond motifs is 1. The van der Waals surface area contributed by atoms with Crippen LogP contribution in [0.15, 0.2) is 39.5 Å². The van der Waals surface area contributed by atoms with Gasteiger partial charge in [-0.25, -0.2) is 4.79 Å². The molecule has 2 aliphatic rings. The molecule has 1 N–H and O–H groups in total. The number of amides is 3. The number of imide groups is 1. The van der Waals surface area contributed by atoms with E-state index in [4.69, 9.17) is 14.0 Å². The third-order valence-corrected chi connectivity index (χ3v) is 5.45. The van der Waals surface area contributed by atoms with E-state index < -0.39 is 17.5 Å². The number of rotatable bonds is 4. The van der Waals surface area contributed by atoms with Crippen LogP contribution in [0.5, 0.6) is 11.5 Å². The molecule has 1 saturated heterocycles. The molecule has 1 atom stereocenters. The second-order valence-corrected chi connectivity index (χ2v) is 7.32. The topological polar surface area (TPSA) is 107 Å². The van der Waals surface area contributed by atoms with Crippen LogP contribution in [0.1, 0.15) is 18.4 Å². The number of hydrogen-bond acceptors (Lipinski definition) is 8. The second-order valence-electron chi connectivity index (χ2n) is 6.54. The van der Waals surface area contributed by atoms with Gasteiger partial charge in [0, 0.05) is 10.9 Å². The van der Waals surface area contributed by atoms with Crippen molar-refractivity contribution >= 4 is 23.3 Å². The van der Waals surface area contributed by atoms with Gasteiger partial charge in [-0.1, -0.05) is 11.2 Å². The van der Waals surface area contributed by atoms with Crippen molar-refractivity contribution < 1.29 is 23.6 Å². The summed E-state index contributed by atoms with van der Waals surface area (Å²) in [6.45, 7) is 1.67. The van der Waals surface area contributed by atoms with Crippen LogP contribution < -0.4 is 14.8 Å². The Morgan fingerprint density at radius 1 is 1.25 bits per heavy atom. The van der Waals surface area contributed by atoms with E-state index in [1.165, 1.54) is 11.3 Å². The summed E-state index contributed by atoms with van der Waals surface area (Å²) in [5, 5.41) is 10.4. The van der Waals surface area contributed by atoms with Crippen LogP contribution in [0.25, 0.3) is 11.4 Å². The fourth-order valence-electron chi connectivity index (χ4n) is 3.21. The van der Waals surface area contributed by atoms with E-state index in [1.54, 1.807) is 25.1 Å². The van der Waals surface area contributed by atoms with E-state index in [0.717, 1.165) is 10.5 Å². The van der Waals surface area contributed by atoms with Crippen LogP contribution in [0.4, 0.5) is 4.79 Å². The summed E-state index contributed by atoms with van der Waals surface area (Å²) >= 11 is 1.51. The summed E-state index contributed by atoms with van der Waals surface area (Å²) in [6, 6.07) is 6.49. The molecule has 0 radical (unpaired) electrons. The second kappa shape index (κ2) is 6.06. The largest absolute Gasteiger partial charge is 0.454 e. The van der Waals surface area contributed by atoms with Crippen molar-refractivity contribution in [2.24, 2.45) is 0 Å². The number of carbonyl (C=O) groups is 2. The first kappa shape index (κ1) is 16.8. The molecule has 1 unspecified atom stereocenters. The Balaban J connectivity index is 1.40. The highest BCUT2D eigenvalue weighted by Gasteiger charge is 2.49. The highest BCUT2D eigenvalue weighted by atomic mass is 32.1. The van der Waals surface area contributed by atoms with Gasteiger partial charge in [0.1, 0.15) is 12.1 Å². The van der Waals surface area contributed by atoms with Crippen molar-refractivity contribution in [3.63, 3.8) is 0 Å². The van der Waals surface area contributed by atoms with Crippen LogP contribution in [0.2, 0.25) is 0 Å². The first-order valence-electron chi connectivity index (χ1n) is 8.44. The van der Waals surface area contributed by atoms with Gasteiger partial charge in [-0.2, -0.15) is 16.3 Å². The number of hydrogen-bond donors (Lipinski definition) is 1. The molecule has 1 fully saturated rings. The molecule has 2 aliphatic heterocycles. The van der Waals surface area contributed by atoms with Gasteiger partial charge in [0.2, 0.25) is 18.5 Å². The van der Waals surface area contributed by atoms with Gasteiger partial charge in [0.15, 0.2) is 11.5 Å². The minimum atomic E-state index is -1.23. The molecule has 0 spiro atoms. The number of nitrogens with one attached hydrogen (secondary N) is 1. The summed E-state index contributed by atoms with van der Waals surface area (Å²) in [4.78, 5) is 30.9. The molecule has 0 saturated carbocycles. The van der Waals surface area contributed by atoms with Gasteiger partial charge in [0.05, 0.1) is 0 Å². The van der Waals surface area contributed by atoms with Gasteiger partial charge >= 0.3 is 6.03 Å². The first-order chi connectivity index (χ1) is 13.5. The lowest BCUT2D eigenvalue weighted by molar-refractivity contribution is -0.131. The SMILES string of the molecule is CC1(c2ccc3c(c2)OCO3)NC(=O)N(Cc2nc(-c3ccsc3)no2)C1=O. The van der Waals surface area contributed by atoms with Crippen LogP contribution >= 0.6 is 11.3 Å². The van der Waals surface area contributed by atoms with Gasteiger partial charge in [-0.15, -0.1) is 0 Å². The molecule has 5 rings (SSSR count). The highest BCUT2D eigenvalue weighted by molar-refractivity contribution is 7.08. The molecule has 0 bridgehead atoms. The molecule has 3 aromatic rings. The Bertz CT molecular complexity index is 1080. The van der Waals surface area contributed by atoms with Crippen molar-refractivity contribution in [2.75, 3.05) is 6.79 Å². The molecule has 1 aromatic carbocycles. The molecule has 142 valence electrons. The van der Waals surface area contributed by atoms with Crippen LogP contribution in [-0.4, -0.2) is 33.8 Å². The predicted octanol–water partition coefficient (Wildman–Crippen LogP) is 2.49. The van der Waals surface area contributed by atoms with E-state index in [-0.39, 0.29) is 19.2 Å². The molecular weight excluding hydrogens is 384 g/mol. The zero-order valence-corrected chi connectivity index (χ0v) is 15.5. The maximum absolute atomic E-state index is 13.1. The number of ether oxygens (including phenoxy) is 2. The Morgan fingerprint density at radius 2 is 2.11 bits per heavy atom. The molecular formula is C18H14N4O5S. The fraction of sp³-hybridized carbons (Fsp3) is 0.222. The lowest BCUT2D eigenvalue weighted by atomic mass is 9.91. The highest BCUT2D eigenvalue weighted by Crippen LogP contribution is 2.38. The number of benzene rings is 1. The monoisotopic (exact) mass is 398 g/mol. The summed E-state index contributed by atoms with van der Waals surface area (Å²) in [7, 11) is 0. The van der Waals surface area contributed by atoms with Crippen LogP contribution in [0.3, 0.4) is 0 Å². The smallest absolute Gasteiger partial charge is 0.325 e. The molecule has 3 amide bonds. The number of urea groups is 1. The number of carbonyl (C=O) groups excluding carboxylic acids is 2. The van der Waals surface area contributed by atoms with Crippen molar-refractivity contribution in [1.29, 1.82) is 0 Å². The van der Waals surface area contributed by atoms with Gasteiger partial charge in [0.25, 0.3) is 5.91 Å². The Morgan fingerprint density at radius 3 is 2.93 bits per heavy atom.